The van der Waals surface area contributed by atoms with Gasteiger partial charge in [-0.05, 0) is 46.3 Å². The predicted octanol–water partition coefficient (Wildman–Crippen LogP) is 3.18. The summed E-state index contributed by atoms with van der Waals surface area (Å²) < 4.78 is 5.24. The van der Waals surface area contributed by atoms with Crippen molar-refractivity contribution < 1.29 is 9.53 Å². The fourth-order valence-electron chi connectivity index (χ4n) is 1.60. The number of hydrogen-bond donors (Lipinski definition) is 1. The van der Waals surface area contributed by atoms with Gasteiger partial charge in [-0.2, -0.15) is 0 Å². The minimum Gasteiger partial charge on any atom is -0.459 e. The zero-order valence-corrected chi connectivity index (χ0v) is 12.3. The average Bonchev–Trinajstić information content (AvgIpc) is 2.24. The SMILES string of the molecule is C=C(C)c1cc(C)ncc1NCC(=O)OC(C)(C)C. The standard InChI is InChI=1S/C15H22N2O2/c1-10(2)12-7-11(3)16-8-13(12)17-9-14(18)19-15(4,5)6/h7-8,17H,1,9H2,2-6H3. The van der Waals surface area contributed by atoms with E-state index in [1.54, 1.807) is 6.20 Å². The van der Waals surface area contributed by atoms with Gasteiger partial charge in [-0.3, -0.25) is 9.78 Å². The van der Waals surface area contributed by atoms with Crippen molar-refractivity contribution in [2.75, 3.05) is 11.9 Å². The van der Waals surface area contributed by atoms with Crippen molar-refractivity contribution in [3.8, 4) is 0 Å². The maximum Gasteiger partial charge on any atom is 0.325 e. The number of aryl methyl sites for hydroxylation is 1. The number of nitrogens with zero attached hydrogens (tertiary/aromatic N) is 1. The van der Waals surface area contributed by atoms with Crippen LogP contribution in [0.1, 0.15) is 39.0 Å². The molecule has 0 aliphatic rings. The number of aromatic nitrogens is 1. The number of anilines is 1. The third-order valence-electron chi connectivity index (χ3n) is 2.34. The molecule has 0 amide bonds. The van der Waals surface area contributed by atoms with Crippen molar-refractivity contribution in [2.24, 2.45) is 0 Å². The molecular formula is C15H22N2O2. The van der Waals surface area contributed by atoms with Gasteiger partial charge in [-0.25, -0.2) is 0 Å². The summed E-state index contributed by atoms with van der Waals surface area (Å²) in [5.74, 6) is -0.291. The van der Waals surface area contributed by atoms with Gasteiger partial charge in [-0.15, -0.1) is 0 Å². The number of hydrogen-bond acceptors (Lipinski definition) is 4. The van der Waals surface area contributed by atoms with Crippen LogP contribution in [0.15, 0.2) is 18.8 Å². The quantitative estimate of drug-likeness (QED) is 0.847. The Labute approximate surface area is 114 Å². The number of nitrogens with one attached hydrogen (secondary N) is 1. The van der Waals surface area contributed by atoms with Crippen LogP contribution in [0.3, 0.4) is 0 Å². The van der Waals surface area contributed by atoms with E-state index in [1.807, 2.05) is 40.7 Å². The number of ether oxygens (including phenoxy) is 1. The van der Waals surface area contributed by atoms with Crippen molar-refractivity contribution in [3.63, 3.8) is 0 Å². The summed E-state index contributed by atoms with van der Waals surface area (Å²) in [7, 11) is 0. The maximum absolute atomic E-state index is 11.7. The van der Waals surface area contributed by atoms with Gasteiger partial charge in [-0.1, -0.05) is 6.58 Å². The van der Waals surface area contributed by atoms with Gasteiger partial charge < -0.3 is 10.1 Å². The lowest BCUT2D eigenvalue weighted by Gasteiger charge is -2.20. The molecule has 4 nitrogen and oxygen atoms in total. The molecule has 104 valence electrons. The number of carbonyl (C=O) groups is 1. The fraction of sp³-hybridized carbons (Fsp3) is 0.467. The molecule has 0 fully saturated rings. The zero-order valence-electron chi connectivity index (χ0n) is 12.3. The molecule has 0 aromatic carbocycles. The second-order valence-corrected chi connectivity index (χ2v) is 5.59. The minimum absolute atomic E-state index is 0.113. The lowest BCUT2D eigenvalue weighted by atomic mass is 10.1. The van der Waals surface area contributed by atoms with Crippen molar-refractivity contribution >= 4 is 17.2 Å². The monoisotopic (exact) mass is 262 g/mol. The van der Waals surface area contributed by atoms with Crippen LogP contribution in [0.5, 0.6) is 0 Å². The Morgan fingerprint density at radius 3 is 2.63 bits per heavy atom. The third-order valence-corrected chi connectivity index (χ3v) is 2.34. The Balaban J connectivity index is 2.73. The summed E-state index contributed by atoms with van der Waals surface area (Å²) in [6.07, 6.45) is 1.71. The molecule has 4 heteroatoms. The first-order chi connectivity index (χ1) is 8.69. The van der Waals surface area contributed by atoms with Crippen LogP contribution >= 0.6 is 0 Å². The summed E-state index contributed by atoms with van der Waals surface area (Å²) in [5.41, 5.74) is 3.14. The van der Waals surface area contributed by atoms with Crippen LogP contribution in [0.2, 0.25) is 0 Å². The molecular weight excluding hydrogens is 240 g/mol. The first-order valence-electron chi connectivity index (χ1n) is 6.27. The highest BCUT2D eigenvalue weighted by atomic mass is 16.6. The summed E-state index contributed by atoms with van der Waals surface area (Å²) in [4.78, 5) is 15.9. The largest absolute Gasteiger partial charge is 0.459 e. The topological polar surface area (TPSA) is 51.2 Å². The van der Waals surface area contributed by atoms with Crippen LogP contribution in [0.4, 0.5) is 5.69 Å². The predicted molar refractivity (Wildman–Crippen MR) is 78.0 cm³/mol. The smallest absolute Gasteiger partial charge is 0.325 e. The van der Waals surface area contributed by atoms with Gasteiger partial charge in [0.25, 0.3) is 0 Å². The molecule has 1 aromatic rings. The molecule has 0 unspecified atom stereocenters. The summed E-state index contributed by atoms with van der Waals surface area (Å²) in [5, 5.41) is 3.05. The Morgan fingerprint density at radius 2 is 2.11 bits per heavy atom. The molecule has 0 aliphatic carbocycles. The van der Waals surface area contributed by atoms with Crippen molar-refractivity contribution in [2.45, 2.75) is 40.2 Å². The summed E-state index contributed by atoms with van der Waals surface area (Å²) in [6.45, 7) is 13.4. The number of allylic oxidation sites excluding steroid dienone is 1. The van der Waals surface area contributed by atoms with Crippen molar-refractivity contribution in [1.82, 2.24) is 4.98 Å². The average molecular weight is 262 g/mol. The van der Waals surface area contributed by atoms with Crippen molar-refractivity contribution in [1.29, 1.82) is 0 Å². The van der Waals surface area contributed by atoms with Gasteiger partial charge in [0.05, 0.1) is 11.9 Å². The van der Waals surface area contributed by atoms with Gasteiger partial charge >= 0.3 is 5.97 Å². The molecule has 0 saturated heterocycles. The molecule has 0 atom stereocenters. The Kier molecular flexibility index (Phi) is 4.70. The molecule has 0 bridgehead atoms. The number of pyridine rings is 1. The Hall–Kier alpha value is -1.84. The first-order valence-corrected chi connectivity index (χ1v) is 6.27. The van der Waals surface area contributed by atoms with E-state index in [2.05, 4.69) is 16.9 Å². The molecule has 1 N–H and O–H groups in total. The van der Waals surface area contributed by atoms with Crippen LogP contribution in [0, 0.1) is 6.92 Å². The highest BCUT2D eigenvalue weighted by Gasteiger charge is 2.16. The highest BCUT2D eigenvalue weighted by Crippen LogP contribution is 2.22. The number of carbonyl (C=O) groups excluding carboxylic acids is 1. The summed E-state index contributed by atoms with van der Waals surface area (Å²) >= 11 is 0. The van der Waals surface area contributed by atoms with E-state index in [-0.39, 0.29) is 12.5 Å². The Morgan fingerprint density at radius 1 is 1.47 bits per heavy atom. The Bertz CT molecular complexity index is 487. The van der Waals surface area contributed by atoms with E-state index in [0.717, 1.165) is 22.5 Å². The van der Waals surface area contributed by atoms with E-state index in [0.29, 0.717) is 0 Å². The molecule has 0 spiro atoms. The van der Waals surface area contributed by atoms with Crippen LogP contribution < -0.4 is 5.32 Å². The normalized spacial score (nSPS) is 11.0. The van der Waals surface area contributed by atoms with Crippen molar-refractivity contribution in [3.05, 3.63) is 30.1 Å². The van der Waals surface area contributed by atoms with E-state index in [4.69, 9.17) is 4.74 Å². The highest BCUT2D eigenvalue weighted by molar-refractivity contribution is 5.79. The minimum atomic E-state index is -0.471. The van der Waals surface area contributed by atoms with E-state index >= 15 is 0 Å². The molecule has 1 heterocycles. The van der Waals surface area contributed by atoms with E-state index in [9.17, 15) is 4.79 Å². The van der Waals surface area contributed by atoms with Crippen LogP contribution in [-0.4, -0.2) is 23.1 Å². The van der Waals surface area contributed by atoms with Crippen LogP contribution in [-0.2, 0) is 9.53 Å². The maximum atomic E-state index is 11.7. The second-order valence-electron chi connectivity index (χ2n) is 5.59. The van der Waals surface area contributed by atoms with Gasteiger partial charge in [0.15, 0.2) is 0 Å². The molecule has 0 radical (unpaired) electrons. The zero-order chi connectivity index (χ0) is 14.6. The summed E-state index contributed by atoms with van der Waals surface area (Å²) in [6, 6.07) is 1.94. The number of rotatable bonds is 4. The molecule has 1 rings (SSSR count). The number of esters is 1. The molecule has 0 aliphatic heterocycles. The third kappa shape index (κ3) is 5.12. The molecule has 1 aromatic heterocycles. The van der Waals surface area contributed by atoms with Gasteiger partial charge in [0, 0.05) is 11.3 Å². The lowest BCUT2D eigenvalue weighted by Crippen LogP contribution is -2.28. The van der Waals surface area contributed by atoms with E-state index < -0.39 is 5.60 Å². The fourth-order valence-corrected chi connectivity index (χ4v) is 1.60. The first kappa shape index (κ1) is 15.2. The molecule has 0 saturated carbocycles. The second kappa shape index (κ2) is 5.87. The van der Waals surface area contributed by atoms with Gasteiger partial charge in [0.2, 0.25) is 0 Å². The van der Waals surface area contributed by atoms with Crippen LogP contribution in [0.25, 0.3) is 5.57 Å². The lowest BCUT2D eigenvalue weighted by molar-refractivity contribution is -0.152. The van der Waals surface area contributed by atoms with E-state index in [1.165, 1.54) is 0 Å². The molecule has 19 heavy (non-hydrogen) atoms. The van der Waals surface area contributed by atoms with Gasteiger partial charge in [0.1, 0.15) is 12.1 Å².